The summed E-state index contributed by atoms with van der Waals surface area (Å²) < 4.78 is 0. The fourth-order valence-electron chi connectivity index (χ4n) is 2.04. The SMILES string of the molecule is O=C(NCc1ccncc1)c1c[nH]c2ccccc12. The molecule has 3 rings (SSSR count). The number of amides is 1. The molecule has 4 nitrogen and oxygen atoms in total. The predicted octanol–water partition coefficient (Wildman–Crippen LogP) is 2.49. The average molecular weight is 251 g/mol. The minimum Gasteiger partial charge on any atom is -0.360 e. The van der Waals surface area contributed by atoms with Crippen LogP contribution in [0.2, 0.25) is 0 Å². The van der Waals surface area contributed by atoms with Crippen molar-refractivity contribution in [1.29, 1.82) is 0 Å². The summed E-state index contributed by atoms with van der Waals surface area (Å²) in [5.41, 5.74) is 2.67. The molecule has 2 N–H and O–H groups in total. The van der Waals surface area contributed by atoms with Crippen LogP contribution in [0.25, 0.3) is 10.9 Å². The van der Waals surface area contributed by atoms with Gasteiger partial charge in [-0.25, -0.2) is 0 Å². The molecule has 4 heteroatoms. The summed E-state index contributed by atoms with van der Waals surface area (Å²) in [7, 11) is 0. The fourth-order valence-corrected chi connectivity index (χ4v) is 2.04. The Balaban J connectivity index is 1.77. The zero-order chi connectivity index (χ0) is 13.1. The van der Waals surface area contributed by atoms with Gasteiger partial charge in [-0.15, -0.1) is 0 Å². The highest BCUT2D eigenvalue weighted by atomic mass is 16.1. The summed E-state index contributed by atoms with van der Waals surface area (Å²) in [5.74, 6) is -0.0748. The molecule has 0 spiro atoms. The van der Waals surface area contributed by atoms with E-state index in [4.69, 9.17) is 0 Å². The van der Waals surface area contributed by atoms with Gasteiger partial charge in [0, 0.05) is 36.0 Å². The standard InChI is InChI=1S/C15H13N3O/c19-15(18-9-11-5-7-16-8-6-11)13-10-17-14-4-2-1-3-12(13)14/h1-8,10,17H,9H2,(H,18,19). The monoisotopic (exact) mass is 251 g/mol. The number of fused-ring (bicyclic) bond motifs is 1. The van der Waals surface area contributed by atoms with Crippen LogP contribution in [0.5, 0.6) is 0 Å². The summed E-state index contributed by atoms with van der Waals surface area (Å²) >= 11 is 0. The van der Waals surface area contributed by atoms with Gasteiger partial charge in [0.05, 0.1) is 5.56 Å². The molecule has 19 heavy (non-hydrogen) atoms. The van der Waals surface area contributed by atoms with Crippen LogP contribution in [0.3, 0.4) is 0 Å². The van der Waals surface area contributed by atoms with E-state index >= 15 is 0 Å². The van der Waals surface area contributed by atoms with Gasteiger partial charge in [-0.3, -0.25) is 9.78 Å². The molecule has 0 unspecified atom stereocenters. The highest BCUT2D eigenvalue weighted by Gasteiger charge is 2.10. The van der Waals surface area contributed by atoms with Crippen molar-refractivity contribution >= 4 is 16.8 Å². The van der Waals surface area contributed by atoms with E-state index in [2.05, 4.69) is 15.3 Å². The maximum atomic E-state index is 12.1. The number of nitrogens with zero attached hydrogens (tertiary/aromatic N) is 1. The lowest BCUT2D eigenvalue weighted by Crippen LogP contribution is -2.22. The number of para-hydroxylation sites is 1. The molecule has 1 aromatic carbocycles. The molecule has 2 aromatic heterocycles. The van der Waals surface area contributed by atoms with E-state index in [9.17, 15) is 4.79 Å². The van der Waals surface area contributed by atoms with Gasteiger partial charge in [0.25, 0.3) is 5.91 Å². The number of aromatic nitrogens is 2. The fraction of sp³-hybridized carbons (Fsp3) is 0.0667. The maximum absolute atomic E-state index is 12.1. The molecule has 0 bridgehead atoms. The van der Waals surface area contributed by atoms with Gasteiger partial charge in [0.1, 0.15) is 0 Å². The number of hydrogen-bond donors (Lipinski definition) is 2. The quantitative estimate of drug-likeness (QED) is 0.751. The van der Waals surface area contributed by atoms with Crippen molar-refractivity contribution in [2.75, 3.05) is 0 Å². The molecule has 0 aliphatic heterocycles. The average Bonchev–Trinajstić information content (AvgIpc) is 2.90. The minimum absolute atomic E-state index is 0.0748. The highest BCUT2D eigenvalue weighted by Crippen LogP contribution is 2.17. The van der Waals surface area contributed by atoms with Crippen LogP contribution < -0.4 is 5.32 Å². The number of rotatable bonds is 3. The lowest BCUT2D eigenvalue weighted by atomic mass is 10.1. The van der Waals surface area contributed by atoms with Crippen molar-refractivity contribution in [3.8, 4) is 0 Å². The van der Waals surface area contributed by atoms with Gasteiger partial charge in [-0.2, -0.15) is 0 Å². The van der Waals surface area contributed by atoms with Crippen LogP contribution in [-0.4, -0.2) is 15.9 Å². The van der Waals surface area contributed by atoms with Crippen molar-refractivity contribution < 1.29 is 4.79 Å². The second kappa shape index (κ2) is 4.94. The normalized spacial score (nSPS) is 10.5. The van der Waals surface area contributed by atoms with Crippen molar-refractivity contribution in [1.82, 2.24) is 15.3 Å². The first-order chi connectivity index (χ1) is 9.34. The van der Waals surface area contributed by atoms with Crippen LogP contribution in [0.1, 0.15) is 15.9 Å². The molecule has 0 aliphatic carbocycles. The largest absolute Gasteiger partial charge is 0.360 e. The van der Waals surface area contributed by atoms with Crippen LogP contribution in [0.4, 0.5) is 0 Å². The van der Waals surface area contributed by atoms with Crippen LogP contribution in [0.15, 0.2) is 55.0 Å². The van der Waals surface area contributed by atoms with E-state index in [1.165, 1.54) is 0 Å². The first-order valence-corrected chi connectivity index (χ1v) is 6.08. The van der Waals surface area contributed by atoms with Crippen molar-refractivity contribution in [3.63, 3.8) is 0 Å². The lowest BCUT2D eigenvalue weighted by molar-refractivity contribution is 0.0952. The Labute approximate surface area is 110 Å². The first kappa shape index (κ1) is 11.5. The summed E-state index contributed by atoms with van der Waals surface area (Å²) in [6, 6.07) is 11.5. The molecule has 0 aliphatic rings. The minimum atomic E-state index is -0.0748. The number of H-pyrrole nitrogens is 1. The maximum Gasteiger partial charge on any atom is 0.253 e. The molecular weight excluding hydrogens is 238 g/mol. The number of hydrogen-bond acceptors (Lipinski definition) is 2. The predicted molar refractivity (Wildman–Crippen MR) is 73.7 cm³/mol. The van der Waals surface area contributed by atoms with E-state index in [1.807, 2.05) is 36.4 Å². The summed E-state index contributed by atoms with van der Waals surface area (Å²) in [4.78, 5) is 19.2. The molecule has 0 fully saturated rings. The molecule has 1 amide bonds. The Kier molecular flexibility index (Phi) is 2.98. The second-order valence-corrected chi connectivity index (χ2v) is 4.29. The molecule has 3 aromatic rings. The van der Waals surface area contributed by atoms with Crippen LogP contribution >= 0.6 is 0 Å². The molecule has 2 heterocycles. The summed E-state index contributed by atoms with van der Waals surface area (Å²) in [6.45, 7) is 0.501. The topological polar surface area (TPSA) is 57.8 Å². The third-order valence-corrected chi connectivity index (χ3v) is 3.04. The molecule has 0 saturated heterocycles. The Morgan fingerprint density at radius 3 is 2.79 bits per heavy atom. The molecular formula is C15H13N3O. The second-order valence-electron chi connectivity index (χ2n) is 4.29. The number of carbonyl (C=O) groups is 1. The van der Waals surface area contributed by atoms with Crippen molar-refractivity contribution in [3.05, 3.63) is 66.1 Å². The van der Waals surface area contributed by atoms with Gasteiger partial charge in [-0.05, 0) is 23.8 Å². The number of benzene rings is 1. The third kappa shape index (κ3) is 2.33. The van der Waals surface area contributed by atoms with Crippen LogP contribution in [-0.2, 0) is 6.54 Å². The van der Waals surface area contributed by atoms with E-state index in [0.717, 1.165) is 16.5 Å². The van der Waals surface area contributed by atoms with Gasteiger partial charge in [0.15, 0.2) is 0 Å². The van der Waals surface area contributed by atoms with E-state index in [-0.39, 0.29) is 5.91 Å². The van der Waals surface area contributed by atoms with E-state index in [1.54, 1.807) is 18.6 Å². The van der Waals surface area contributed by atoms with Gasteiger partial charge in [0.2, 0.25) is 0 Å². The Bertz CT molecular complexity index is 703. The zero-order valence-electron chi connectivity index (χ0n) is 10.3. The lowest BCUT2D eigenvalue weighted by Gasteiger charge is -2.04. The van der Waals surface area contributed by atoms with E-state index < -0.39 is 0 Å². The number of pyridine rings is 1. The number of carbonyl (C=O) groups excluding carboxylic acids is 1. The number of nitrogens with one attached hydrogen (secondary N) is 2. The summed E-state index contributed by atoms with van der Waals surface area (Å²) in [5, 5.41) is 3.85. The van der Waals surface area contributed by atoms with Gasteiger partial charge >= 0.3 is 0 Å². The molecule has 0 radical (unpaired) electrons. The van der Waals surface area contributed by atoms with Crippen molar-refractivity contribution in [2.45, 2.75) is 6.54 Å². The first-order valence-electron chi connectivity index (χ1n) is 6.08. The zero-order valence-corrected chi connectivity index (χ0v) is 10.3. The Morgan fingerprint density at radius 2 is 1.95 bits per heavy atom. The smallest absolute Gasteiger partial charge is 0.253 e. The molecule has 94 valence electrons. The van der Waals surface area contributed by atoms with Crippen LogP contribution in [0, 0.1) is 0 Å². The van der Waals surface area contributed by atoms with E-state index in [0.29, 0.717) is 12.1 Å². The van der Waals surface area contributed by atoms with Crippen molar-refractivity contribution in [2.24, 2.45) is 0 Å². The molecule has 0 atom stereocenters. The van der Waals surface area contributed by atoms with Gasteiger partial charge < -0.3 is 10.3 Å². The number of aromatic amines is 1. The summed E-state index contributed by atoms with van der Waals surface area (Å²) in [6.07, 6.45) is 5.17. The highest BCUT2D eigenvalue weighted by molar-refractivity contribution is 6.06. The molecule has 0 saturated carbocycles. The van der Waals surface area contributed by atoms with Gasteiger partial charge in [-0.1, -0.05) is 18.2 Å². The Hall–Kier alpha value is -2.62. The Morgan fingerprint density at radius 1 is 1.16 bits per heavy atom. The third-order valence-electron chi connectivity index (χ3n) is 3.04.